The summed E-state index contributed by atoms with van der Waals surface area (Å²) in [5.74, 6) is -0.295. The Morgan fingerprint density at radius 2 is 1.81 bits per heavy atom. The first kappa shape index (κ1) is 14.8. The number of rotatable bonds is 5. The lowest BCUT2D eigenvalue weighted by atomic mass is 10.2. The third-order valence-corrected chi connectivity index (χ3v) is 3.29. The summed E-state index contributed by atoms with van der Waals surface area (Å²) in [4.78, 5) is 27.9. The quantitative estimate of drug-likeness (QED) is 0.887. The monoisotopic (exact) mass is 285 g/mol. The summed E-state index contributed by atoms with van der Waals surface area (Å²) in [6, 6.07) is 10.5. The molecule has 0 saturated carbocycles. The molecule has 21 heavy (non-hydrogen) atoms. The lowest BCUT2D eigenvalue weighted by molar-refractivity contribution is 0.102. The van der Waals surface area contributed by atoms with Crippen LogP contribution in [0, 0.1) is 0 Å². The van der Waals surface area contributed by atoms with E-state index in [1.807, 2.05) is 24.3 Å². The van der Waals surface area contributed by atoms with Crippen LogP contribution in [0.25, 0.3) is 0 Å². The van der Waals surface area contributed by atoms with E-state index in [-0.39, 0.29) is 11.5 Å². The maximum Gasteiger partial charge on any atom is 0.255 e. The molecule has 5 heteroatoms. The van der Waals surface area contributed by atoms with Gasteiger partial charge in [0, 0.05) is 42.3 Å². The van der Waals surface area contributed by atoms with Gasteiger partial charge >= 0.3 is 0 Å². The van der Waals surface area contributed by atoms with Crippen molar-refractivity contribution in [3.8, 4) is 0 Å². The number of aromatic nitrogens is 1. The van der Waals surface area contributed by atoms with Crippen molar-refractivity contribution in [1.82, 2.24) is 4.98 Å². The van der Waals surface area contributed by atoms with Crippen molar-refractivity contribution in [1.29, 1.82) is 0 Å². The smallest absolute Gasteiger partial charge is 0.255 e. The molecule has 0 spiro atoms. The second-order valence-corrected chi connectivity index (χ2v) is 4.61. The molecule has 0 radical (unpaired) electrons. The molecule has 110 valence electrons. The molecule has 2 N–H and O–H groups in total. The van der Waals surface area contributed by atoms with E-state index in [0.717, 1.165) is 18.8 Å². The molecule has 1 heterocycles. The molecule has 0 fully saturated rings. The largest absolute Gasteiger partial charge is 0.372 e. The Bertz CT molecular complexity index is 658. The number of anilines is 2. The predicted octanol–water partition coefficient (Wildman–Crippen LogP) is 2.47. The summed E-state index contributed by atoms with van der Waals surface area (Å²) in [6.45, 7) is 6.09. The highest BCUT2D eigenvalue weighted by atomic mass is 16.2. The number of H-pyrrole nitrogens is 1. The fraction of sp³-hybridized carbons (Fsp3) is 0.250. The van der Waals surface area contributed by atoms with Gasteiger partial charge in [-0.15, -0.1) is 0 Å². The Morgan fingerprint density at radius 1 is 1.14 bits per heavy atom. The summed E-state index contributed by atoms with van der Waals surface area (Å²) in [5, 5.41) is 2.78. The van der Waals surface area contributed by atoms with Crippen molar-refractivity contribution in [3.05, 3.63) is 58.5 Å². The molecular weight excluding hydrogens is 266 g/mol. The number of hydrogen-bond acceptors (Lipinski definition) is 3. The molecule has 0 aliphatic carbocycles. The van der Waals surface area contributed by atoms with Crippen molar-refractivity contribution in [3.63, 3.8) is 0 Å². The maximum atomic E-state index is 12.0. The van der Waals surface area contributed by atoms with E-state index in [1.165, 1.54) is 12.3 Å². The van der Waals surface area contributed by atoms with Crippen LogP contribution in [0.3, 0.4) is 0 Å². The highest BCUT2D eigenvalue weighted by Crippen LogP contribution is 2.18. The molecule has 1 amide bonds. The van der Waals surface area contributed by atoms with Gasteiger partial charge in [-0.2, -0.15) is 0 Å². The predicted molar refractivity (Wildman–Crippen MR) is 85.0 cm³/mol. The minimum atomic E-state index is -0.295. The van der Waals surface area contributed by atoms with E-state index in [9.17, 15) is 9.59 Å². The zero-order chi connectivity index (χ0) is 15.2. The first-order chi connectivity index (χ1) is 10.1. The summed E-state index contributed by atoms with van der Waals surface area (Å²) < 4.78 is 0. The average Bonchev–Trinajstić information content (AvgIpc) is 2.50. The molecule has 0 atom stereocenters. The Labute approximate surface area is 123 Å². The van der Waals surface area contributed by atoms with Crippen LogP contribution in [0.15, 0.2) is 47.4 Å². The molecule has 1 aromatic carbocycles. The normalized spacial score (nSPS) is 10.2. The molecule has 0 bridgehead atoms. The van der Waals surface area contributed by atoms with Crippen LogP contribution in [0.5, 0.6) is 0 Å². The van der Waals surface area contributed by atoms with Crippen LogP contribution in [0.4, 0.5) is 11.4 Å². The Balaban J connectivity index is 2.10. The van der Waals surface area contributed by atoms with E-state index in [1.54, 1.807) is 6.07 Å². The zero-order valence-electron chi connectivity index (χ0n) is 12.2. The summed E-state index contributed by atoms with van der Waals surface area (Å²) in [7, 11) is 0. The first-order valence-corrected chi connectivity index (χ1v) is 6.99. The summed E-state index contributed by atoms with van der Waals surface area (Å²) in [6.07, 6.45) is 1.46. The van der Waals surface area contributed by atoms with Crippen molar-refractivity contribution < 1.29 is 4.79 Å². The van der Waals surface area contributed by atoms with Gasteiger partial charge in [-0.3, -0.25) is 9.59 Å². The summed E-state index contributed by atoms with van der Waals surface area (Å²) in [5.41, 5.74) is 1.87. The van der Waals surface area contributed by atoms with Gasteiger partial charge in [-0.1, -0.05) is 0 Å². The third-order valence-electron chi connectivity index (χ3n) is 3.29. The van der Waals surface area contributed by atoms with Crippen LogP contribution in [-0.4, -0.2) is 24.0 Å². The number of aromatic amines is 1. The molecule has 0 aliphatic rings. The van der Waals surface area contributed by atoms with Crippen molar-refractivity contribution in [2.45, 2.75) is 13.8 Å². The van der Waals surface area contributed by atoms with E-state index in [2.05, 4.69) is 29.0 Å². The average molecular weight is 285 g/mol. The van der Waals surface area contributed by atoms with Crippen LogP contribution in [0.1, 0.15) is 24.2 Å². The second kappa shape index (κ2) is 6.74. The van der Waals surface area contributed by atoms with Gasteiger partial charge in [-0.25, -0.2) is 0 Å². The van der Waals surface area contributed by atoms with Crippen LogP contribution >= 0.6 is 0 Å². The SMILES string of the molecule is CCN(CC)c1ccc(NC(=O)c2cc[nH]c(=O)c2)cc1. The van der Waals surface area contributed by atoms with E-state index in [4.69, 9.17) is 0 Å². The number of benzene rings is 1. The standard InChI is InChI=1S/C16H19N3O2/c1-3-19(4-2)14-7-5-13(6-8-14)18-16(21)12-9-10-17-15(20)11-12/h5-11H,3-4H2,1-2H3,(H,17,20)(H,18,21). The molecule has 1 aromatic heterocycles. The fourth-order valence-corrected chi connectivity index (χ4v) is 2.13. The topological polar surface area (TPSA) is 65.2 Å². The maximum absolute atomic E-state index is 12.0. The lowest BCUT2D eigenvalue weighted by Gasteiger charge is -2.21. The van der Waals surface area contributed by atoms with Gasteiger partial charge in [0.15, 0.2) is 0 Å². The van der Waals surface area contributed by atoms with Crippen molar-refractivity contribution in [2.24, 2.45) is 0 Å². The number of nitrogens with one attached hydrogen (secondary N) is 2. The third kappa shape index (κ3) is 3.72. The zero-order valence-corrected chi connectivity index (χ0v) is 12.2. The van der Waals surface area contributed by atoms with Gasteiger partial charge in [-0.05, 0) is 44.2 Å². The van der Waals surface area contributed by atoms with Crippen LogP contribution < -0.4 is 15.8 Å². The lowest BCUT2D eigenvalue weighted by Crippen LogP contribution is -2.21. The molecule has 2 rings (SSSR count). The van der Waals surface area contributed by atoms with E-state index >= 15 is 0 Å². The fourth-order valence-electron chi connectivity index (χ4n) is 2.13. The number of carbonyl (C=O) groups excluding carboxylic acids is 1. The Morgan fingerprint density at radius 3 is 2.38 bits per heavy atom. The minimum absolute atomic E-state index is 0.292. The van der Waals surface area contributed by atoms with Gasteiger partial charge < -0.3 is 15.2 Å². The molecule has 0 saturated heterocycles. The van der Waals surface area contributed by atoms with Crippen molar-refractivity contribution in [2.75, 3.05) is 23.3 Å². The van der Waals surface area contributed by atoms with Crippen LogP contribution in [0.2, 0.25) is 0 Å². The number of hydrogen-bond donors (Lipinski definition) is 2. The van der Waals surface area contributed by atoms with Gasteiger partial charge in [0.2, 0.25) is 5.56 Å². The first-order valence-electron chi connectivity index (χ1n) is 6.99. The highest BCUT2D eigenvalue weighted by molar-refractivity contribution is 6.04. The van der Waals surface area contributed by atoms with Gasteiger partial charge in [0.25, 0.3) is 5.91 Å². The highest BCUT2D eigenvalue weighted by Gasteiger charge is 2.07. The molecule has 5 nitrogen and oxygen atoms in total. The number of pyridine rings is 1. The minimum Gasteiger partial charge on any atom is -0.372 e. The summed E-state index contributed by atoms with van der Waals surface area (Å²) >= 11 is 0. The van der Waals surface area contributed by atoms with Gasteiger partial charge in [0.1, 0.15) is 0 Å². The Hall–Kier alpha value is -2.56. The second-order valence-electron chi connectivity index (χ2n) is 4.61. The van der Waals surface area contributed by atoms with Crippen LogP contribution in [-0.2, 0) is 0 Å². The molecule has 2 aromatic rings. The number of nitrogens with zero attached hydrogens (tertiary/aromatic N) is 1. The molecule has 0 aliphatic heterocycles. The Kier molecular flexibility index (Phi) is 4.77. The van der Waals surface area contributed by atoms with Gasteiger partial charge in [0.05, 0.1) is 0 Å². The number of carbonyl (C=O) groups is 1. The van der Waals surface area contributed by atoms with E-state index < -0.39 is 0 Å². The molecule has 0 unspecified atom stereocenters. The van der Waals surface area contributed by atoms with Crippen molar-refractivity contribution >= 4 is 17.3 Å². The van der Waals surface area contributed by atoms with E-state index in [0.29, 0.717) is 11.3 Å². The molecular formula is C16H19N3O2. The number of amides is 1.